The Labute approximate surface area is 166 Å². The van der Waals surface area contributed by atoms with E-state index in [2.05, 4.69) is 20.6 Å². The van der Waals surface area contributed by atoms with E-state index in [0.29, 0.717) is 31.7 Å². The Balaban J connectivity index is 1.29. The molecule has 7 heteroatoms. The predicted octanol–water partition coefficient (Wildman–Crippen LogP) is 3.27. The third-order valence-electron chi connectivity index (χ3n) is 4.65. The second kappa shape index (κ2) is 11.3. The highest BCUT2D eigenvalue weighted by atomic mass is 16.5. The number of nitrogens with one attached hydrogen (secondary N) is 2. The van der Waals surface area contributed by atoms with Crippen LogP contribution < -0.4 is 15.4 Å². The van der Waals surface area contributed by atoms with Gasteiger partial charge >= 0.3 is 0 Å². The zero-order valence-corrected chi connectivity index (χ0v) is 16.5. The first-order valence-corrected chi connectivity index (χ1v) is 10.00. The molecule has 7 nitrogen and oxygen atoms in total. The summed E-state index contributed by atoms with van der Waals surface area (Å²) < 4.78 is 16.7. The summed E-state index contributed by atoms with van der Waals surface area (Å²) >= 11 is 0. The van der Waals surface area contributed by atoms with Crippen LogP contribution in [-0.4, -0.2) is 37.2 Å². The molecule has 0 aromatic carbocycles. The van der Waals surface area contributed by atoms with E-state index in [4.69, 9.17) is 13.9 Å². The second-order valence-corrected chi connectivity index (χ2v) is 6.87. The van der Waals surface area contributed by atoms with E-state index in [1.165, 1.54) is 12.8 Å². The topological polar surface area (TPSA) is 80.9 Å². The average Bonchev–Trinajstić information content (AvgIpc) is 3.42. The quantitative estimate of drug-likeness (QED) is 0.371. The molecule has 2 aromatic rings. The van der Waals surface area contributed by atoms with Crippen LogP contribution in [0.5, 0.6) is 5.88 Å². The maximum atomic E-state index is 5.90. The maximum absolute atomic E-state index is 5.90. The molecule has 3 rings (SSSR count). The molecule has 1 fully saturated rings. The molecule has 0 unspecified atom stereocenters. The summed E-state index contributed by atoms with van der Waals surface area (Å²) in [5, 5.41) is 6.58. The van der Waals surface area contributed by atoms with Crippen LogP contribution >= 0.6 is 0 Å². The maximum Gasteiger partial charge on any atom is 0.213 e. The van der Waals surface area contributed by atoms with Crippen molar-refractivity contribution in [2.75, 3.05) is 20.2 Å². The van der Waals surface area contributed by atoms with Crippen LogP contribution in [0.2, 0.25) is 0 Å². The van der Waals surface area contributed by atoms with Gasteiger partial charge in [0.1, 0.15) is 18.5 Å². The molecule has 1 saturated carbocycles. The first-order valence-electron chi connectivity index (χ1n) is 10.00. The van der Waals surface area contributed by atoms with Crippen LogP contribution in [0.25, 0.3) is 0 Å². The normalized spacial score (nSPS) is 15.0. The van der Waals surface area contributed by atoms with Gasteiger partial charge in [0.15, 0.2) is 5.96 Å². The Morgan fingerprint density at radius 2 is 2.14 bits per heavy atom. The van der Waals surface area contributed by atoms with E-state index in [-0.39, 0.29) is 0 Å². The van der Waals surface area contributed by atoms with Crippen molar-refractivity contribution >= 4 is 5.96 Å². The zero-order chi connectivity index (χ0) is 19.4. The smallest absolute Gasteiger partial charge is 0.213 e. The number of aromatic nitrogens is 1. The van der Waals surface area contributed by atoms with E-state index < -0.39 is 0 Å². The third kappa shape index (κ3) is 6.88. The number of pyridine rings is 1. The number of hydrogen-bond donors (Lipinski definition) is 2. The molecular formula is C21H30N4O3. The summed E-state index contributed by atoms with van der Waals surface area (Å²) in [6.45, 7) is 2.61. The molecule has 2 heterocycles. The van der Waals surface area contributed by atoms with E-state index >= 15 is 0 Å². The minimum absolute atomic E-state index is 0.336. The van der Waals surface area contributed by atoms with Crippen molar-refractivity contribution in [2.45, 2.75) is 51.4 Å². The van der Waals surface area contributed by atoms with Gasteiger partial charge in [-0.15, -0.1) is 0 Å². The van der Waals surface area contributed by atoms with Gasteiger partial charge in [0, 0.05) is 39.0 Å². The van der Waals surface area contributed by atoms with Crippen molar-refractivity contribution < 1.29 is 13.9 Å². The van der Waals surface area contributed by atoms with Crippen LogP contribution in [0.4, 0.5) is 0 Å². The Kier molecular flexibility index (Phi) is 8.18. The highest BCUT2D eigenvalue weighted by Gasteiger charge is 2.16. The van der Waals surface area contributed by atoms with Crippen molar-refractivity contribution in [3.05, 3.63) is 48.0 Å². The molecule has 152 valence electrons. The van der Waals surface area contributed by atoms with Gasteiger partial charge in [-0.1, -0.05) is 6.07 Å². The molecule has 1 aliphatic carbocycles. The molecule has 2 aromatic heterocycles. The van der Waals surface area contributed by atoms with E-state index in [0.717, 1.165) is 43.1 Å². The fraction of sp³-hybridized carbons (Fsp3) is 0.524. The number of ether oxygens (including phenoxy) is 2. The van der Waals surface area contributed by atoms with Crippen molar-refractivity contribution in [2.24, 2.45) is 4.99 Å². The van der Waals surface area contributed by atoms with Crippen LogP contribution in [0.3, 0.4) is 0 Å². The monoisotopic (exact) mass is 386 g/mol. The highest BCUT2D eigenvalue weighted by Crippen LogP contribution is 2.22. The number of hydrogen-bond acceptors (Lipinski definition) is 5. The lowest BCUT2D eigenvalue weighted by atomic mass is 10.3. The van der Waals surface area contributed by atoms with Crippen molar-refractivity contribution in [3.63, 3.8) is 0 Å². The molecular weight excluding hydrogens is 356 g/mol. The molecule has 0 spiro atoms. The predicted molar refractivity (Wildman–Crippen MR) is 108 cm³/mol. The van der Waals surface area contributed by atoms with Crippen LogP contribution in [0.15, 0.2) is 46.1 Å². The van der Waals surface area contributed by atoms with Crippen LogP contribution in [-0.2, 0) is 17.9 Å². The number of aliphatic imine (C=N–C) groups is 1. The summed E-state index contributed by atoms with van der Waals surface area (Å²) in [6, 6.07) is 7.76. The Hall–Kier alpha value is -2.54. The number of nitrogens with zero attached hydrogens (tertiary/aromatic N) is 2. The molecule has 0 radical (unpaired) electrons. The lowest BCUT2D eigenvalue weighted by Gasteiger charge is -2.13. The van der Waals surface area contributed by atoms with Gasteiger partial charge in [0.2, 0.25) is 5.88 Å². The lowest BCUT2D eigenvalue weighted by Crippen LogP contribution is -2.37. The third-order valence-corrected chi connectivity index (χ3v) is 4.65. The summed E-state index contributed by atoms with van der Waals surface area (Å²) in [6.07, 6.45) is 9.53. The summed E-state index contributed by atoms with van der Waals surface area (Å²) in [7, 11) is 1.76. The Morgan fingerprint density at radius 3 is 2.86 bits per heavy atom. The van der Waals surface area contributed by atoms with E-state index in [1.807, 2.05) is 30.5 Å². The SMILES string of the molecule is CN=C(NCCCOCc1ccco1)NCc1ccc(OC2CCCC2)nc1. The summed E-state index contributed by atoms with van der Waals surface area (Å²) in [5.74, 6) is 2.32. The van der Waals surface area contributed by atoms with E-state index in [9.17, 15) is 0 Å². The molecule has 0 amide bonds. The Morgan fingerprint density at radius 1 is 1.25 bits per heavy atom. The minimum atomic E-state index is 0.336. The van der Waals surface area contributed by atoms with E-state index in [1.54, 1.807) is 13.3 Å². The molecule has 0 atom stereocenters. The summed E-state index contributed by atoms with van der Waals surface area (Å²) in [5.41, 5.74) is 1.09. The molecule has 0 saturated heterocycles. The summed E-state index contributed by atoms with van der Waals surface area (Å²) in [4.78, 5) is 8.66. The lowest BCUT2D eigenvalue weighted by molar-refractivity contribution is 0.105. The fourth-order valence-corrected chi connectivity index (χ4v) is 3.12. The van der Waals surface area contributed by atoms with Gasteiger partial charge in [0.05, 0.1) is 6.26 Å². The van der Waals surface area contributed by atoms with Crippen LogP contribution in [0.1, 0.15) is 43.4 Å². The van der Waals surface area contributed by atoms with Gasteiger partial charge in [-0.25, -0.2) is 4.98 Å². The molecule has 28 heavy (non-hydrogen) atoms. The van der Waals surface area contributed by atoms with Crippen LogP contribution in [0, 0.1) is 0 Å². The number of rotatable bonds is 10. The Bertz CT molecular complexity index is 695. The number of guanidine groups is 1. The van der Waals surface area contributed by atoms with Gasteiger partial charge in [-0.3, -0.25) is 4.99 Å². The zero-order valence-electron chi connectivity index (χ0n) is 16.5. The molecule has 0 bridgehead atoms. The van der Waals surface area contributed by atoms with Crippen molar-refractivity contribution in [3.8, 4) is 5.88 Å². The second-order valence-electron chi connectivity index (χ2n) is 6.87. The molecule has 2 N–H and O–H groups in total. The van der Waals surface area contributed by atoms with Gasteiger partial charge in [-0.05, 0) is 49.8 Å². The molecule has 0 aliphatic heterocycles. The first-order chi connectivity index (χ1) is 13.8. The van der Waals surface area contributed by atoms with Gasteiger partial charge in [0.25, 0.3) is 0 Å². The standard InChI is InChI=1S/C21H30N4O3/c1-22-21(23-11-5-12-26-16-19-8-4-13-27-19)25-15-17-9-10-20(24-14-17)28-18-6-2-3-7-18/h4,8-10,13-14,18H,2-3,5-7,11-12,15-16H2,1H3,(H2,22,23,25). The highest BCUT2D eigenvalue weighted by molar-refractivity contribution is 5.79. The first kappa shape index (κ1) is 20.2. The largest absolute Gasteiger partial charge is 0.474 e. The molecule has 1 aliphatic rings. The minimum Gasteiger partial charge on any atom is -0.474 e. The fourth-order valence-electron chi connectivity index (χ4n) is 3.12. The van der Waals surface area contributed by atoms with Gasteiger partial charge in [-0.2, -0.15) is 0 Å². The number of furan rings is 1. The average molecular weight is 386 g/mol. The van der Waals surface area contributed by atoms with Crippen molar-refractivity contribution in [1.29, 1.82) is 0 Å². The van der Waals surface area contributed by atoms with Crippen molar-refractivity contribution in [1.82, 2.24) is 15.6 Å². The van der Waals surface area contributed by atoms with Gasteiger partial charge < -0.3 is 24.5 Å².